The molecule has 0 spiro atoms. The number of hydrogen-bond donors (Lipinski definition) is 2. The van der Waals surface area contributed by atoms with Gasteiger partial charge in [-0.1, -0.05) is 37.3 Å². The molecule has 3 amide bonds. The summed E-state index contributed by atoms with van der Waals surface area (Å²) in [4.78, 5) is 44.3. The van der Waals surface area contributed by atoms with Gasteiger partial charge in [0.1, 0.15) is 6.04 Å². The quantitative estimate of drug-likeness (QED) is 0.185. The van der Waals surface area contributed by atoms with Crippen molar-refractivity contribution in [1.82, 2.24) is 20.0 Å². The fourth-order valence-corrected chi connectivity index (χ4v) is 12.7. The van der Waals surface area contributed by atoms with Crippen LogP contribution in [0.5, 0.6) is 0 Å². The van der Waals surface area contributed by atoms with E-state index in [0.717, 1.165) is 83.3 Å². The minimum absolute atomic E-state index is 0.00705. The number of fused-ring (bicyclic) bond motifs is 3. The molecule has 4 aliphatic carbocycles. The van der Waals surface area contributed by atoms with Crippen LogP contribution >= 0.6 is 0 Å². The summed E-state index contributed by atoms with van der Waals surface area (Å²) in [5.74, 6) is 2.01. The molecule has 4 aliphatic heterocycles. The maximum atomic E-state index is 13.2. The number of likely N-dealkylation sites (tertiary alicyclic amines) is 3. The lowest BCUT2D eigenvalue weighted by atomic mass is 9.68. The third-order valence-electron chi connectivity index (χ3n) is 15.6. The number of piperidine rings is 1. The number of nitrogens with zero attached hydrogens (tertiary/aromatic N) is 3. The van der Waals surface area contributed by atoms with E-state index < -0.39 is 6.04 Å². The van der Waals surface area contributed by atoms with Crippen LogP contribution in [0.3, 0.4) is 0 Å². The minimum Gasteiger partial charge on any atom is -0.393 e. The molecule has 302 valence electrons. The van der Waals surface area contributed by atoms with Crippen LogP contribution in [-0.2, 0) is 23.9 Å². The Labute approximate surface area is 324 Å². The Balaban J connectivity index is 0.734. The molecule has 0 aromatic carbocycles. The number of carbonyl (C=O) groups is 3. The molecule has 8 aliphatic rings. The second-order valence-electron chi connectivity index (χ2n) is 18.7. The molecular weight excluding hydrogens is 681 g/mol. The fraction of sp³-hybridized carbons (Fsp3) is 0.886. The number of carbonyl (C=O) groups excluding carboxylic acids is 3. The summed E-state index contributed by atoms with van der Waals surface area (Å²) in [6, 6.07) is 0.741. The molecule has 2 N–H and O–H groups in total. The highest BCUT2D eigenvalue weighted by Gasteiger charge is 2.49. The highest BCUT2D eigenvalue weighted by atomic mass is 16.5. The molecule has 10 nitrogen and oxygen atoms in total. The lowest BCUT2D eigenvalue weighted by molar-refractivity contribution is -0.145. The van der Waals surface area contributed by atoms with Gasteiger partial charge in [-0.05, 0) is 126 Å². The maximum Gasteiger partial charge on any atom is 0.249 e. The van der Waals surface area contributed by atoms with Crippen molar-refractivity contribution in [2.24, 2.45) is 29.6 Å². The Morgan fingerprint density at radius 3 is 1.96 bits per heavy atom. The van der Waals surface area contributed by atoms with E-state index in [1.165, 1.54) is 83.5 Å². The van der Waals surface area contributed by atoms with E-state index in [9.17, 15) is 19.5 Å². The summed E-state index contributed by atoms with van der Waals surface area (Å²) in [6.07, 6.45) is 22.6. The van der Waals surface area contributed by atoms with Crippen molar-refractivity contribution in [3.8, 4) is 0 Å². The second kappa shape index (κ2) is 17.7. The number of ether oxygens (including phenoxy) is 2. The van der Waals surface area contributed by atoms with Gasteiger partial charge in [0.25, 0.3) is 0 Å². The number of piperazine rings is 1. The normalized spacial score (nSPS) is 38.9. The number of aliphatic hydroxyl groups is 1. The zero-order valence-corrected chi connectivity index (χ0v) is 33.3. The summed E-state index contributed by atoms with van der Waals surface area (Å²) >= 11 is 0. The monoisotopic (exact) mass is 751 g/mol. The van der Waals surface area contributed by atoms with Gasteiger partial charge in [0.2, 0.25) is 17.7 Å². The molecular formula is C44H70N4O6. The zero-order chi connectivity index (χ0) is 37.2. The molecule has 8 fully saturated rings. The van der Waals surface area contributed by atoms with Crippen molar-refractivity contribution in [1.29, 1.82) is 0 Å². The lowest BCUT2D eigenvalue weighted by Gasteiger charge is -2.40. The first-order chi connectivity index (χ1) is 26.3. The predicted octanol–water partition coefficient (Wildman–Crippen LogP) is 5.61. The van der Waals surface area contributed by atoms with Gasteiger partial charge in [0.15, 0.2) is 0 Å². The Morgan fingerprint density at radius 2 is 1.33 bits per heavy atom. The highest BCUT2D eigenvalue weighted by Crippen LogP contribution is 2.46. The SMILES string of the molecule is CC/C(=C(\C1CCC(O)CC1)C1CCC(OCCN2CC3CC2CN3CCOC2CCC3C(=O)N(C4CCC(=O)NC4=O)CC3C2)CC1)C1CCCCC1. The largest absolute Gasteiger partial charge is 0.393 e. The number of amides is 3. The van der Waals surface area contributed by atoms with Crippen molar-refractivity contribution in [3.05, 3.63) is 11.1 Å². The van der Waals surface area contributed by atoms with Gasteiger partial charge in [-0.3, -0.25) is 29.5 Å². The first-order valence-electron chi connectivity index (χ1n) is 22.6. The van der Waals surface area contributed by atoms with Crippen LogP contribution in [0.15, 0.2) is 11.1 Å². The molecule has 10 heteroatoms. The van der Waals surface area contributed by atoms with Crippen molar-refractivity contribution in [2.45, 2.75) is 172 Å². The Bertz CT molecular complexity index is 1350. The molecule has 4 saturated carbocycles. The molecule has 0 aromatic rings. The van der Waals surface area contributed by atoms with Crippen LogP contribution in [0.4, 0.5) is 0 Å². The Kier molecular flexibility index (Phi) is 12.8. The smallest absolute Gasteiger partial charge is 0.249 e. The lowest BCUT2D eigenvalue weighted by Crippen LogP contribution is -2.53. The average Bonchev–Trinajstić information content (AvgIpc) is 3.87. The van der Waals surface area contributed by atoms with Crippen LogP contribution in [0.25, 0.3) is 0 Å². The third-order valence-corrected chi connectivity index (χ3v) is 15.6. The van der Waals surface area contributed by atoms with Crippen LogP contribution < -0.4 is 5.32 Å². The van der Waals surface area contributed by atoms with Crippen molar-refractivity contribution < 1.29 is 29.0 Å². The van der Waals surface area contributed by atoms with E-state index in [1.54, 1.807) is 4.90 Å². The Hall–Kier alpha value is -1.85. The van der Waals surface area contributed by atoms with E-state index in [1.807, 2.05) is 11.1 Å². The van der Waals surface area contributed by atoms with Gasteiger partial charge in [0.05, 0.1) is 31.5 Å². The summed E-state index contributed by atoms with van der Waals surface area (Å²) < 4.78 is 13.0. The van der Waals surface area contributed by atoms with Crippen LogP contribution in [0, 0.1) is 29.6 Å². The van der Waals surface area contributed by atoms with Gasteiger partial charge in [-0.2, -0.15) is 0 Å². The zero-order valence-electron chi connectivity index (χ0n) is 33.3. The third kappa shape index (κ3) is 8.68. The average molecular weight is 751 g/mol. The standard InChI is InChI=1S/C44H70N4O6/c1-2-38(29-6-4-3-5-7-29)42(30-8-12-35(49)13-9-30)31-10-14-36(15-11-31)53-22-20-46-27-34-25-33(46)28-47(34)21-23-54-37-16-17-39-32(24-37)26-48(44(39)52)40-18-19-41(50)45-43(40)51/h29-37,39-40,49H,2-28H2,1H3,(H,45,50,51)/b42-38-. The van der Waals surface area contributed by atoms with Crippen molar-refractivity contribution in [2.75, 3.05) is 45.9 Å². The second-order valence-corrected chi connectivity index (χ2v) is 18.7. The summed E-state index contributed by atoms with van der Waals surface area (Å²) in [5.41, 5.74) is 3.69. The van der Waals surface area contributed by atoms with Gasteiger partial charge in [-0.15, -0.1) is 0 Å². The summed E-state index contributed by atoms with van der Waals surface area (Å²) in [6.45, 7) is 8.89. The predicted molar refractivity (Wildman–Crippen MR) is 207 cm³/mol. The molecule has 6 atom stereocenters. The number of aliphatic hydroxyl groups excluding tert-OH is 1. The maximum absolute atomic E-state index is 13.2. The van der Waals surface area contributed by atoms with E-state index >= 15 is 0 Å². The van der Waals surface area contributed by atoms with Crippen LogP contribution in [0.2, 0.25) is 0 Å². The molecule has 6 unspecified atom stereocenters. The molecule has 4 saturated heterocycles. The number of rotatable bonds is 13. The molecule has 2 bridgehead atoms. The number of nitrogens with one attached hydrogen (secondary N) is 1. The molecule has 0 radical (unpaired) electrons. The van der Waals surface area contributed by atoms with Crippen LogP contribution in [0.1, 0.15) is 135 Å². The van der Waals surface area contributed by atoms with Crippen molar-refractivity contribution >= 4 is 17.7 Å². The van der Waals surface area contributed by atoms with Crippen molar-refractivity contribution in [3.63, 3.8) is 0 Å². The fourth-order valence-electron chi connectivity index (χ4n) is 12.7. The first-order valence-corrected chi connectivity index (χ1v) is 22.6. The Morgan fingerprint density at radius 1 is 0.704 bits per heavy atom. The van der Waals surface area contributed by atoms with Gasteiger partial charge < -0.3 is 19.5 Å². The number of imide groups is 1. The minimum atomic E-state index is -0.499. The molecule has 4 heterocycles. The topological polar surface area (TPSA) is 112 Å². The highest BCUT2D eigenvalue weighted by molar-refractivity contribution is 6.02. The van der Waals surface area contributed by atoms with E-state index in [-0.39, 0.29) is 41.8 Å². The van der Waals surface area contributed by atoms with E-state index in [4.69, 9.17) is 9.47 Å². The van der Waals surface area contributed by atoms with Gasteiger partial charge in [0, 0.05) is 57.1 Å². The van der Waals surface area contributed by atoms with Crippen LogP contribution in [-0.4, -0.2) is 120 Å². The van der Waals surface area contributed by atoms with E-state index in [0.29, 0.717) is 43.5 Å². The summed E-state index contributed by atoms with van der Waals surface area (Å²) in [7, 11) is 0. The molecule has 0 aromatic heterocycles. The van der Waals surface area contributed by atoms with E-state index in [2.05, 4.69) is 22.0 Å². The van der Waals surface area contributed by atoms with Gasteiger partial charge >= 0.3 is 0 Å². The first kappa shape index (κ1) is 39.0. The molecule has 8 rings (SSSR count). The molecule has 54 heavy (non-hydrogen) atoms. The number of hydrogen-bond acceptors (Lipinski definition) is 8. The summed E-state index contributed by atoms with van der Waals surface area (Å²) in [5, 5.41) is 12.7. The number of allylic oxidation sites excluding steroid dienone is 2. The van der Waals surface area contributed by atoms with Gasteiger partial charge in [-0.25, -0.2) is 0 Å².